The summed E-state index contributed by atoms with van der Waals surface area (Å²) in [5, 5.41) is 2.85. The van der Waals surface area contributed by atoms with Gasteiger partial charge in [-0.05, 0) is 49.2 Å². The molecule has 0 saturated heterocycles. The van der Waals surface area contributed by atoms with Crippen LogP contribution in [0.2, 0.25) is 0 Å². The van der Waals surface area contributed by atoms with Gasteiger partial charge in [0.25, 0.3) is 5.91 Å². The number of aromatic nitrogens is 2. The molecule has 0 aliphatic heterocycles. The number of anilines is 1. The third kappa shape index (κ3) is 3.38. The van der Waals surface area contributed by atoms with Crippen LogP contribution in [-0.2, 0) is 6.54 Å². The quantitative estimate of drug-likeness (QED) is 0.750. The fraction of sp³-hybridized carbons (Fsp3) is 0.211. The smallest absolute Gasteiger partial charge is 0.257 e. The number of carbonyl (C=O) groups excluding carboxylic acids is 2. The molecule has 0 saturated carbocycles. The lowest BCUT2D eigenvalue weighted by molar-refractivity contribution is 0.1000. The zero-order valence-electron chi connectivity index (χ0n) is 14.2. The van der Waals surface area contributed by atoms with Gasteiger partial charge in [0.05, 0.1) is 11.0 Å². The van der Waals surface area contributed by atoms with Gasteiger partial charge < -0.3 is 10.3 Å². The predicted octanol–water partition coefficient (Wildman–Crippen LogP) is 3.11. The first-order valence-corrected chi connectivity index (χ1v) is 8.17. The van der Waals surface area contributed by atoms with Crippen molar-refractivity contribution in [3.05, 3.63) is 59.2 Å². The molecule has 3 aromatic rings. The Morgan fingerprint density at radius 2 is 1.92 bits per heavy atom. The Hall–Kier alpha value is -3.15. The second-order valence-corrected chi connectivity index (χ2v) is 5.98. The second kappa shape index (κ2) is 6.76. The number of aryl methyl sites for hydroxylation is 2. The number of carbonyl (C=O) groups is 2. The van der Waals surface area contributed by atoms with Crippen LogP contribution in [0.15, 0.2) is 42.5 Å². The maximum absolute atomic E-state index is 12.6. The van der Waals surface area contributed by atoms with Crippen molar-refractivity contribution in [1.82, 2.24) is 9.55 Å². The van der Waals surface area contributed by atoms with Gasteiger partial charge in [-0.25, -0.2) is 4.98 Å². The first-order chi connectivity index (χ1) is 12.0. The Balaban J connectivity index is 1.96. The van der Waals surface area contributed by atoms with E-state index in [1.165, 1.54) is 6.07 Å². The van der Waals surface area contributed by atoms with E-state index in [4.69, 9.17) is 5.73 Å². The minimum absolute atomic E-state index is 0.297. The Bertz CT molecular complexity index is 959. The molecule has 0 aliphatic rings. The van der Waals surface area contributed by atoms with Crippen molar-refractivity contribution in [2.45, 2.75) is 26.8 Å². The molecule has 0 aliphatic carbocycles. The van der Waals surface area contributed by atoms with Crippen molar-refractivity contribution in [3.63, 3.8) is 0 Å². The summed E-state index contributed by atoms with van der Waals surface area (Å²) < 4.78 is 1.99. The number of benzene rings is 2. The lowest BCUT2D eigenvalue weighted by Crippen LogP contribution is -2.17. The van der Waals surface area contributed by atoms with E-state index in [0.717, 1.165) is 29.6 Å². The summed E-state index contributed by atoms with van der Waals surface area (Å²) in [7, 11) is 0. The largest absolute Gasteiger partial charge is 0.366 e. The Morgan fingerprint density at radius 1 is 1.16 bits per heavy atom. The molecule has 3 rings (SSSR count). The molecule has 2 amide bonds. The van der Waals surface area contributed by atoms with E-state index in [1.54, 1.807) is 18.2 Å². The molecule has 0 unspecified atom stereocenters. The zero-order valence-corrected chi connectivity index (χ0v) is 14.2. The number of imidazole rings is 1. The average molecular weight is 336 g/mol. The Kier molecular flexibility index (Phi) is 4.52. The van der Waals surface area contributed by atoms with Crippen LogP contribution in [-0.4, -0.2) is 21.4 Å². The van der Waals surface area contributed by atoms with Gasteiger partial charge in [0.1, 0.15) is 0 Å². The predicted molar refractivity (Wildman–Crippen MR) is 97.7 cm³/mol. The topological polar surface area (TPSA) is 90.0 Å². The monoisotopic (exact) mass is 336 g/mol. The van der Waals surface area contributed by atoms with Gasteiger partial charge >= 0.3 is 0 Å². The molecule has 25 heavy (non-hydrogen) atoms. The molecule has 0 fully saturated rings. The molecular weight excluding hydrogens is 316 g/mol. The van der Waals surface area contributed by atoms with Crippen LogP contribution in [0.25, 0.3) is 11.0 Å². The highest BCUT2D eigenvalue weighted by molar-refractivity contribution is 6.05. The lowest BCUT2D eigenvalue weighted by Gasteiger charge is -2.09. The van der Waals surface area contributed by atoms with Crippen molar-refractivity contribution < 1.29 is 9.59 Å². The number of nitrogens with one attached hydrogen (secondary N) is 1. The molecule has 0 bridgehead atoms. The standard InChI is InChI=1S/C19H20N4O2/c1-3-9-23-16-8-7-12(2)10-15(16)21-19(23)22-18(25)14-6-4-5-13(11-14)17(20)24/h4-8,10-11H,3,9H2,1-2H3,(H2,20,24)(H,21,22,25). The van der Waals surface area contributed by atoms with E-state index < -0.39 is 5.91 Å². The lowest BCUT2D eigenvalue weighted by atomic mass is 10.1. The second-order valence-electron chi connectivity index (χ2n) is 5.98. The van der Waals surface area contributed by atoms with E-state index in [1.807, 2.05) is 29.7 Å². The van der Waals surface area contributed by atoms with Crippen LogP contribution in [0.3, 0.4) is 0 Å². The first-order valence-electron chi connectivity index (χ1n) is 8.17. The van der Waals surface area contributed by atoms with Gasteiger partial charge in [0, 0.05) is 17.7 Å². The maximum Gasteiger partial charge on any atom is 0.257 e. The number of nitrogens with zero attached hydrogens (tertiary/aromatic N) is 2. The van der Waals surface area contributed by atoms with Crippen LogP contribution in [0, 0.1) is 6.92 Å². The molecule has 6 nitrogen and oxygen atoms in total. The Morgan fingerprint density at radius 3 is 2.64 bits per heavy atom. The number of hydrogen-bond donors (Lipinski definition) is 2. The number of rotatable bonds is 5. The summed E-state index contributed by atoms with van der Waals surface area (Å²) in [4.78, 5) is 28.4. The van der Waals surface area contributed by atoms with Crippen LogP contribution in [0.5, 0.6) is 0 Å². The highest BCUT2D eigenvalue weighted by Crippen LogP contribution is 2.22. The van der Waals surface area contributed by atoms with Gasteiger partial charge in [-0.2, -0.15) is 0 Å². The molecule has 0 spiro atoms. The molecule has 3 N–H and O–H groups in total. The van der Waals surface area contributed by atoms with Crippen LogP contribution < -0.4 is 11.1 Å². The van der Waals surface area contributed by atoms with Gasteiger partial charge in [0.2, 0.25) is 11.9 Å². The van der Waals surface area contributed by atoms with E-state index in [0.29, 0.717) is 17.1 Å². The molecule has 6 heteroatoms. The van der Waals surface area contributed by atoms with Crippen molar-refractivity contribution >= 4 is 28.8 Å². The fourth-order valence-corrected chi connectivity index (χ4v) is 2.77. The number of primary amides is 1. The van der Waals surface area contributed by atoms with Gasteiger partial charge in [0.15, 0.2) is 0 Å². The van der Waals surface area contributed by atoms with Crippen LogP contribution >= 0.6 is 0 Å². The third-order valence-corrected chi connectivity index (χ3v) is 3.99. The summed E-state index contributed by atoms with van der Waals surface area (Å²) in [5.41, 5.74) is 8.87. The summed E-state index contributed by atoms with van der Waals surface area (Å²) in [5.74, 6) is -0.396. The first kappa shape index (κ1) is 16.7. The summed E-state index contributed by atoms with van der Waals surface area (Å²) in [6, 6.07) is 12.4. The summed E-state index contributed by atoms with van der Waals surface area (Å²) >= 11 is 0. The van der Waals surface area contributed by atoms with Gasteiger partial charge in [-0.1, -0.05) is 19.1 Å². The normalized spacial score (nSPS) is 10.8. The van der Waals surface area contributed by atoms with Crippen LogP contribution in [0.1, 0.15) is 39.6 Å². The molecule has 128 valence electrons. The maximum atomic E-state index is 12.6. The van der Waals surface area contributed by atoms with Crippen molar-refractivity contribution in [1.29, 1.82) is 0 Å². The number of amides is 2. The summed E-state index contributed by atoms with van der Waals surface area (Å²) in [6.07, 6.45) is 0.916. The third-order valence-electron chi connectivity index (χ3n) is 3.99. The number of hydrogen-bond acceptors (Lipinski definition) is 3. The molecule has 0 atom stereocenters. The number of fused-ring (bicyclic) bond motifs is 1. The van der Waals surface area contributed by atoms with Crippen LogP contribution in [0.4, 0.5) is 5.95 Å². The molecule has 1 heterocycles. The van der Waals surface area contributed by atoms with Crippen molar-refractivity contribution in [2.24, 2.45) is 5.73 Å². The fourth-order valence-electron chi connectivity index (χ4n) is 2.77. The highest BCUT2D eigenvalue weighted by atomic mass is 16.2. The van der Waals surface area contributed by atoms with Gasteiger partial charge in [-0.3, -0.25) is 14.9 Å². The van der Waals surface area contributed by atoms with E-state index in [-0.39, 0.29) is 5.91 Å². The highest BCUT2D eigenvalue weighted by Gasteiger charge is 2.15. The number of nitrogens with two attached hydrogens (primary N) is 1. The zero-order chi connectivity index (χ0) is 18.0. The minimum Gasteiger partial charge on any atom is -0.366 e. The van der Waals surface area contributed by atoms with E-state index in [2.05, 4.69) is 17.2 Å². The summed E-state index contributed by atoms with van der Waals surface area (Å²) in [6.45, 7) is 4.82. The Labute approximate surface area is 145 Å². The van der Waals surface area contributed by atoms with E-state index in [9.17, 15) is 9.59 Å². The molecule has 0 radical (unpaired) electrons. The van der Waals surface area contributed by atoms with E-state index >= 15 is 0 Å². The molecule has 2 aromatic carbocycles. The minimum atomic E-state index is -0.566. The SMILES string of the molecule is CCCn1c(NC(=O)c2cccc(C(N)=O)c2)nc2cc(C)ccc21. The molecule has 1 aromatic heterocycles. The van der Waals surface area contributed by atoms with Gasteiger partial charge in [-0.15, -0.1) is 0 Å². The molecular formula is C19H20N4O2. The van der Waals surface area contributed by atoms with Crippen molar-refractivity contribution in [2.75, 3.05) is 5.32 Å². The average Bonchev–Trinajstić information content (AvgIpc) is 2.91. The van der Waals surface area contributed by atoms with Crippen molar-refractivity contribution in [3.8, 4) is 0 Å².